The molecule has 7 rings (SSSR count). The molecule has 11 heteroatoms. The van der Waals surface area contributed by atoms with Gasteiger partial charge in [-0.25, -0.2) is 0 Å². The number of aromatic nitrogens is 1. The fourth-order valence-corrected chi connectivity index (χ4v) is 8.35. The van der Waals surface area contributed by atoms with Gasteiger partial charge in [-0.3, -0.25) is 29.3 Å². The SMILES string of the molecule is Cc1cc(C(C(=O)NC2CC2)N(C(=O)c2cccc3c2CN(C2CCC(=O)NC2=O)C3=O)C2CC3(CCCC3)C2)sn1. The third kappa shape index (κ3) is 4.71. The second-order valence-electron chi connectivity index (χ2n) is 12.8. The number of fused-ring (bicyclic) bond motifs is 1. The minimum Gasteiger partial charge on any atom is -0.351 e. The second kappa shape index (κ2) is 10.3. The predicted molar refractivity (Wildman–Crippen MR) is 153 cm³/mol. The van der Waals surface area contributed by atoms with E-state index in [1.54, 1.807) is 23.1 Å². The number of nitrogens with one attached hydrogen (secondary N) is 2. The molecule has 42 heavy (non-hydrogen) atoms. The van der Waals surface area contributed by atoms with Gasteiger partial charge in [0.25, 0.3) is 11.8 Å². The van der Waals surface area contributed by atoms with E-state index in [2.05, 4.69) is 15.0 Å². The van der Waals surface area contributed by atoms with Crippen LogP contribution in [0.2, 0.25) is 0 Å². The molecule has 2 atom stereocenters. The lowest BCUT2D eigenvalue weighted by Gasteiger charge is -2.52. The summed E-state index contributed by atoms with van der Waals surface area (Å²) in [5.41, 5.74) is 2.38. The quantitative estimate of drug-likeness (QED) is 0.477. The minimum atomic E-state index is -0.813. The summed E-state index contributed by atoms with van der Waals surface area (Å²) < 4.78 is 4.46. The largest absolute Gasteiger partial charge is 0.351 e. The van der Waals surface area contributed by atoms with Crippen LogP contribution in [-0.2, 0) is 20.9 Å². The fourth-order valence-electron chi connectivity index (χ4n) is 7.50. The van der Waals surface area contributed by atoms with Crippen molar-refractivity contribution in [1.82, 2.24) is 24.8 Å². The van der Waals surface area contributed by atoms with Crippen LogP contribution >= 0.6 is 11.5 Å². The fraction of sp³-hybridized carbons (Fsp3) is 0.548. The third-order valence-corrected chi connectivity index (χ3v) is 10.7. The Morgan fingerprint density at radius 3 is 2.57 bits per heavy atom. The van der Waals surface area contributed by atoms with E-state index in [-0.39, 0.29) is 60.5 Å². The molecule has 4 fully saturated rings. The molecule has 5 amide bonds. The van der Waals surface area contributed by atoms with E-state index >= 15 is 0 Å². The number of carbonyl (C=O) groups is 5. The van der Waals surface area contributed by atoms with Crippen molar-refractivity contribution in [3.8, 4) is 0 Å². The van der Waals surface area contributed by atoms with Gasteiger partial charge in [-0.05, 0) is 92.6 Å². The Kier molecular flexibility index (Phi) is 6.67. The summed E-state index contributed by atoms with van der Waals surface area (Å²) in [7, 11) is 0. The van der Waals surface area contributed by atoms with Crippen molar-refractivity contribution >= 4 is 41.1 Å². The van der Waals surface area contributed by atoms with E-state index in [0.29, 0.717) is 16.7 Å². The van der Waals surface area contributed by atoms with E-state index in [0.717, 1.165) is 49.1 Å². The van der Waals surface area contributed by atoms with Crippen LogP contribution in [0.5, 0.6) is 0 Å². The predicted octanol–water partition coefficient (Wildman–Crippen LogP) is 3.40. The van der Waals surface area contributed by atoms with Gasteiger partial charge in [0, 0.05) is 36.2 Å². The second-order valence-corrected chi connectivity index (χ2v) is 13.6. The number of rotatable bonds is 7. The van der Waals surface area contributed by atoms with Gasteiger partial charge in [-0.15, -0.1) is 0 Å². The van der Waals surface area contributed by atoms with Crippen molar-refractivity contribution in [2.75, 3.05) is 0 Å². The lowest BCUT2D eigenvalue weighted by molar-refractivity contribution is -0.137. The Bertz CT molecular complexity index is 1480. The number of piperidine rings is 1. The maximum atomic E-state index is 14.7. The van der Waals surface area contributed by atoms with E-state index in [4.69, 9.17) is 0 Å². The van der Waals surface area contributed by atoms with Crippen molar-refractivity contribution in [1.29, 1.82) is 0 Å². The average molecular weight is 590 g/mol. The Morgan fingerprint density at radius 2 is 1.90 bits per heavy atom. The van der Waals surface area contributed by atoms with Crippen molar-refractivity contribution in [3.05, 3.63) is 51.5 Å². The number of hydrogen-bond donors (Lipinski definition) is 2. The highest BCUT2D eigenvalue weighted by atomic mass is 32.1. The first-order chi connectivity index (χ1) is 20.2. The Balaban J connectivity index is 1.25. The van der Waals surface area contributed by atoms with Gasteiger partial charge in [0.05, 0.1) is 10.6 Å². The molecular weight excluding hydrogens is 554 g/mol. The summed E-state index contributed by atoms with van der Waals surface area (Å²) in [5, 5.41) is 5.48. The number of carbonyl (C=O) groups excluding carboxylic acids is 5. The van der Waals surface area contributed by atoms with Gasteiger partial charge in [0.1, 0.15) is 12.1 Å². The molecule has 3 heterocycles. The van der Waals surface area contributed by atoms with Gasteiger partial charge in [-0.1, -0.05) is 18.9 Å². The topological polar surface area (TPSA) is 129 Å². The zero-order chi connectivity index (χ0) is 29.2. The van der Waals surface area contributed by atoms with Crippen LogP contribution in [0.25, 0.3) is 0 Å². The lowest BCUT2D eigenvalue weighted by atomic mass is 9.63. The number of amides is 5. The molecule has 3 saturated carbocycles. The van der Waals surface area contributed by atoms with Gasteiger partial charge in [0.2, 0.25) is 17.7 Å². The Labute approximate surface area is 248 Å². The maximum absolute atomic E-state index is 14.7. The molecule has 0 radical (unpaired) electrons. The third-order valence-electron chi connectivity index (χ3n) is 9.81. The van der Waals surface area contributed by atoms with E-state index in [1.807, 2.05) is 13.0 Å². The highest BCUT2D eigenvalue weighted by molar-refractivity contribution is 7.06. The van der Waals surface area contributed by atoms with Gasteiger partial charge >= 0.3 is 0 Å². The van der Waals surface area contributed by atoms with E-state index < -0.39 is 18.0 Å². The zero-order valence-electron chi connectivity index (χ0n) is 23.7. The summed E-state index contributed by atoms with van der Waals surface area (Å²) in [5.74, 6) is -1.62. The van der Waals surface area contributed by atoms with Crippen LogP contribution in [0.4, 0.5) is 0 Å². The number of aryl methyl sites for hydroxylation is 1. The number of hydrogen-bond acceptors (Lipinski definition) is 7. The average Bonchev–Trinajstić information content (AvgIpc) is 3.29. The maximum Gasteiger partial charge on any atom is 0.255 e. The summed E-state index contributed by atoms with van der Waals surface area (Å²) in [6, 6.07) is 5.46. The molecule has 2 unspecified atom stereocenters. The van der Waals surface area contributed by atoms with Crippen molar-refractivity contribution in [2.45, 2.75) is 102 Å². The smallest absolute Gasteiger partial charge is 0.255 e. The molecule has 1 saturated heterocycles. The van der Waals surface area contributed by atoms with E-state index in [9.17, 15) is 24.0 Å². The van der Waals surface area contributed by atoms with Crippen LogP contribution in [-0.4, -0.2) is 61.8 Å². The zero-order valence-corrected chi connectivity index (χ0v) is 24.5. The van der Waals surface area contributed by atoms with Gasteiger partial charge in [-0.2, -0.15) is 4.37 Å². The standard InChI is InChI=1S/C31H35N5O5S/c1-17-13-24(42-34-17)26(28(39)32-18-7-8-18)36(19-14-31(15-19)11-2-3-12-31)30(41)21-6-4-5-20-22(21)16-35(29(20)40)23-9-10-25(37)33-27(23)38/h4-6,13,18-19,23,26H,2-3,7-12,14-16H2,1H3,(H,32,39)(H,33,37,38). The molecule has 5 aliphatic rings. The Hall–Kier alpha value is -3.60. The van der Waals surface area contributed by atoms with Gasteiger partial charge < -0.3 is 15.1 Å². The molecule has 0 bridgehead atoms. The number of benzene rings is 1. The molecule has 3 aliphatic carbocycles. The first kappa shape index (κ1) is 27.2. The van der Waals surface area contributed by atoms with Gasteiger partial charge in [0.15, 0.2) is 0 Å². The molecule has 2 aromatic rings. The van der Waals surface area contributed by atoms with Crippen LogP contribution < -0.4 is 10.6 Å². The molecule has 2 aliphatic heterocycles. The van der Waals surface area contributed by atoms with Crippen molar-refractivity contribution in [3.63, 3.8) is 0 Å². The molecule has 220 valence electrons. The summed E-state index contributed by atoms with van der Waals surface area (Å²) >= 11 is 1.26. The Morgan fingerprint density at radius 1 is 1.14 bits per heavy atom. The number of nitrogens with zero attached hydrogens (tertiary/aromatic N) is 3. The molecular formula is C31H35N5O5S. The summed E-state index contributed by atoms with van der Waals surface area (Å²) in [6.45, 7) is 1.99. The molecule has 1 aromatic heterocycles. The summed E-state index contributed by atoms with van der Waals surface area (Å²) in [4.78, 5) is 70.5. The first-order valence-corrected chi connectivity index (χ1v) is 15.8. The molecule has 1 aromatic carbocycles. The number of imide groups is 1. The molecule has 2 N–H and O–H groups in total. The first-order valence-electron chi connectivity index (χ1n) is 15.1. The van der Waals surface area contributed by atoms with Crippen LogP contribution in [0.3, 0.4) is 0 Å². The monoisotopic (exact) mass is 589 g/mol. The van der Waals surface area contributed by atoms with Crippen molar-refractivity contribution < 1.29 is 24.0 Å². The van der Waals surface area contributed by atoms with Crippen LogP contribution in [0.1, 0.15) is 107 Å². The highest BCUT2D eigenvalue weighted by Crippen LogP contribution is 2.56. The highest BCUT2D eigenvalue weighted by Gasteiger charge is 2.52. The normalized spacial score (nSPS) is 23.9. The van der Waals surface area contributed by atoms with Crippen molar-refractivity contribution in [2.24, 2.45) is 5.41 Å². The van der Waals surface area contributed by atoms with E-state index in [1.165, 1.54) is 29.3 Å². The molecule has 1 spiro atoms. The minimum absolute atomic E-state index is 0.101. The summed E-state index contributed by atoms with van der Waals surface area (Å²) in [6.07, 6.45) is 8.70. The lowest BCUT2D eigenvalue weighted by Crippen LogP contribution is -2.56. The molecule has 10 nitrogen and oxygen atoms in total. The van der Waals surface area contributed by atoms with Crippen LogP contribution in [0.15, 0.2) is 24.3 Å². The van der Waals surface area contributed by atoms with Crippen LogP contribution in [0, 0.1) is 12.3 Å².